The van der Waals surface area contributed by atoms with Crippen molar-refractivity contribution < 1.29 is 23.8 Å². The van der Waals surface area contributed by atoms with E-state index in [2.05, 4.69) is 5.32 Å². The van der Waals surface area contributed by atoms with Crippen molar-refractivity contribution in [3.05, 3.63) is 65.0 Å². The van der Waals surface area contributed by atoms with Crippen LogP contribution in [0.25, 0.3) is 0 Å². The van der Waals surface area contributed by atoms with Gasteiger partial charge in [0.2, 0.25) is 0 Å². The molecule has 1 aliphatic rings. The van der Waals surface area contributed by atoms with E-state index in [9.17, 15) is 19.1 Å². The molecule has 1 amide bonds. The number of aliphatic hydroxyl groups is 1. The highest BCUT2D eigenvalue weighted by Crippen LogP contribution is 2.40. The first-order valence-corrected chi connectivity index (χ1v) is 8.27. The zero-order valence-corrected chi connectivity index (χ0v) is 14.7. The number of aliphatic hydroxyl groups excluding tert-OH is 1. The fraction of sp³-hybridized carbons (Fsp3) is 0.300. The molecule has 0 radical (unpaired) electrons. The van der Waals surface area contributed by atoms with Gasteiger partial charge in [-0.1, -0.05) is 12.1 Å². The molecule has 3 rings (SSSR count). The molecule has 2 aromatic rings. The van der Waals surface area contributed by atoms with Crippen molar-refractivity contribution in [2.45, 2.75) is 38.5 Å². The Hall–Kier alpha value is -2.73. The summed E-state index contributed by atoms with van der Waals surface area (Å²) in [6.07, 6.45) is -1.01. The third kappa shape index (κ3) is 3.32. The first-order valence-electron chi connectivity index (χ1n) is 8.27. The monoisotopic (exact) mass is 357 g/mol. The number of ether oxygens (including phenoxy) is 1. The topological polar surface area (TPSA) is 75.6 Å². The number of fused-ring (bicyclic) bond motifs is 1. The van der Waals surface area contributed by atoms with Crippen LogP contribution in [0.3, 0.4) is 0 Å². The predicted molar refractivity (Wildman–Crippen MR) is 93.8 cm³/mol. The van der Waals surface area contributed by atoms with Gasteiger partial charge in [0.05, 0.1) is 6.04 Å². The maximum Gasteiger partial charge on any atom is 0.251 e. The molecule has 0 bridgehead atoms. The van der Waals surface area contributed by atoms with E-state index in [0.29, 0.717) is 16.9 Å². The van der Waals surface area contributed by atoms with Crippen LogP contribution in [0.15, 0.2) is 42.5 Å². The lowest BCUT2D eigenvalue weighted by Crippen LogP contribution is -2.53. The van der Waals surface area contributed by atoms with E-state index < -0.39 is 29.5 Å². The highest BCUT2D eigenvalue weighted by Gasteiger charge is 2.43. The van der Waals surface area contributed by atoms with Gasteiger partial charge in [-0.2, -0.15) is 0 Å². The number of carbonyl (C=O) groups is 2. The molecule has 0 aliphatic carbocycles. The van der Waals surface area contributed by atoms with E-state index in [1.54, 1.807) is 32.0 Å². The summed E-state index contributed by atoms with van der Waals surface area (Å²) < 4.78 is 18.9. The zero-order chi connectivity index (χ0) is 19.1. The summed E-state index contributed by atoms with van der Waals surface area (Å²) in [5.74, 6) is -0.533. The standard InChI is InChI=1S/C20H20FNO4/c1-11(23)13-6-9-15-16(10-13)26-20(2,3)18(24)17(15)22-19(25)12-4-7-14(21)8-5-12/h4-10,17-18,24H,1-3H3,(H,22,25)/t17-,18+/m1/s1. The van der Waals surface area contributed by atoms with Gasteiger partial charge in [0.1, 0.15) is 23.3 Å². The molecule has 1 heterocycles. The number of hydrogen-bond donors (Lipinski definition) is 2. The Morgan fingerprint density at radius 3 is 2.35 bits per heavy atom. The molecular formula is C20H20FNO4. The summed E-state index contributed by atoms with van der Waals surface area (Å²) in [6, 6.07) is 9.34. The summed E-state index contributed by atoms with van der Waals surface area (Å²) in [5, 5.41) is 13.5. The van der Waals surface area contributed by atoms with Crippen LogP contribution in [0.5, 0.6) is 5.75 Å². The normalized spacial score (nSPS) is 20.7. The van der Waals surface area contributed by atoms with Gasteiger partial charge in [0.25, 0.3) is 5.91 Å². The fourth-order valence-corrected chi connectivity index (χ4v) is 3.00. The number of rotatable bonds is 3. The van der Waals surface area contributed by atoms with Crippen LogP contribution in [0, 0.1) is 5.82 Å². The molecule has 136 valence electrons. The summed E-state index contributed by atoms with van der Waals surface area (Å²) in [7, 11) is 0. The van der Waals surface area contributed by atoms with Crippen LogP contribution in [0.1, 0.15) is 53.1 Å². The zero-order valence-electron chi connectivity index (χ0n) is 14.7. The highest BCUT2D eigenvalue weighted by molar-refractivity contribution is 5.95. The molecule has 0 spiro atoms. The number of ketones is 1. The number of Topliss-reactive ketones (excluding diaryl/α,β-unsaturated/α-hetero) is 1. The van der Waals surface area contributed by atoms with Gasteiger partial charge in [0, 0.05) is 16.7 Å². The second-order valence-electron chi connectivity index (χ2n) is 6.92. The predicted octanol–water partition coefficient (Wildman–Crippen LogP) is 3.03. The average molecular weight is 357 g/mol. The van der Waals surface area contributed by atoms with Crippen molar-refractivity contribution in [2.24, 2.45) is 0 Å². The summed E-state index contributed by atoms with van der Waals surface area (Å²) in [4.78, 5) is 24.1. The van der Waals surface area contributed by atoms with E-state index in [0.717, 1.165) is 0 Å². The molecule has 5 nitrogen and oxygen atoms in total. The second-order valence-corrected chi connectivity index (χ2v) is 6.92. The number of nitrogens with one attached hydrogen (secondary N) is 1. The van der Waals surface area contributed by atoms with Gasteiger partial charge in [-0.3, -0.25) is 9.59 Å². The number of halogens is 1. The van der Waals surface area contributed by atoms with E-state index in [4.69, 9.17) is 4.74 Å². The minimum absolute atomic E-state index is 0.104. The van der Waals surface area contributed by atoms with Crippen molar-refractivity contribution in [1.29, 1.82) is 0 Å². The van der Waals surface area contributed by atoms with Gasteiger partial charge >= 0.3 is 0 Å². The highest BCUT2D eigenvalue weighted by atomic mass is 19.1. The van der Waals surface area contributed by atoms with E-state index in [1.165, 1.54) is 31.2 Å². The Kier molecular flexibility index (Phi) is 4.54. The van der Waals surface area contributed by atoms with Crippen molar-refractivity contribution in [3.8, 4) is 5.75 Å². The molecule has 0 unspecified atom stereocenters. The lowest BCUT2D eigenvalue weighted by atomic mass is 9.85. The quantitative estimate of drug-likeness (QED) is 0.828. The third-order valence-corrected chi connectivity index (χ3v) is 4.55. The summed E-state index contributed by atoms with van der Waals surface area (Å²) in [5.41, 5.74) is 0.380. The summed E-state index contributed by atoms with van der Waals surface area (Å²) in [6.45, 7) is 4.87. The minimum Gasteiger partial charge on any atom is -0.485 e. The van der Waals surface area contributed by atoms with Crippen LogP contribution in [0.4, 0.5) is 4.39 Å². The van der Waals surface area contributed by atoms with Crippen LogP contribution < -0.4 is 10.1 Å². The Morgan fingerprint density at radius 2 is 1.73 bits per heavy atom. The number of amides is 1. The smallest absolute Gasteiger partial charge is 0.251 e. The van der Waals surface area contributed by atoms with Crippen LogP contribution >= 0.6 is 0 Å². The van der Waals surface area contributed by atoms with Crippen LogP contribution in [-0.4, -0.2) is 28.5 Å². The number of hydrogen-bond acceptors (Lipinski definition) is 4. The molecule has 0 saturated heterocycles. The van der Waals surface area contributed by atoms with Crippen LogP contribution in [-0.2, 0) is 0 Å². The summed E-state index contributed by atoms with van der Waals surface area (Å²) >= 11 is 0. The Bertz CT molecular complexity index is 861. The van der Waals surface area contributed by atoms with E-state index >= 15 is 0 Å². The molecule has 26 heavy (non-hydrogen) atoms. The largest absolute Gasteiger partial charge is 0.485 e. The second kappa shape index (κ2) is 6.53. The van der Waals surface area contributed by atoms with Crippen molar-refractivity contribution >= 4 is 11.7 Å². The molecule has 0 fully saturated rings. The maximum atomic E-state index is 13.1. The molecule has 2 N–H and O–H groups in total. The molecule has 0 aromatic heterocycles. The van der Waals surface area contributed by atoms with Crippen molar-refractivity contribution in [2.75, 3.05) is 0 Å². The maximum absolute atomic E-state index is 13.1. The molecule has 0 saturated carbocycles. The lowest BCUT2D eigenvalue weighted by Gasteiger charge is -2.42. The number of carbonyl (C=O) groups excluding carboxylic acids is 2. The van der Waals surface area contributed by atoms with Crippen LogP contribution in [0.2, 0.25) is 0 Å². The van der Waals surface area contributed by atoms with E-state index in [-0.39, 0.29) is 11.3 Å². The van der Waals surface area contributed by atoms with Gasteiger partial charge in [0.15, 0.2) is 5.78 Å². The Morgan fingerprint density at radius 1 is 1.12 bits per heavy atom. The first kappa shape index (κ1) is 18.1. The SMILES string of the molecule is CC(=O)c1ccc2c(c1)OC(C)(C)[C@@H](O)[C@@H]2NC(=O)c1ccc(F)cc1. The molecule has 6 heteroatoms. The van der Waals surface area contributed by atoms with Gasteiger partial charge in [-0.15, -0.1) is 0 Å². The van der Waals surface area contributed by atoms with Crippen molar-refractivity contribution in [1.82, 2.24) is 5.32 Å². The van der Waals surface area contributed by atoms with Gasteiger partial charge in [-0.25, -0.2) is 4.39 Å². The Labute approximate surface area is 150 Å². The first-order chi connectivity index (χ1) is 12.2. The average Bonchev–Trinajstić information content (AvgIpc) is 2.58. The lowest BCUT2D eigenvalue weighted by molar-refractivity contribution is -0.0628. The molecule has 1 aliphatic heterocycles. The van der Waals surface area contributed by atoms with E-state index in [1.807, 2.05) is 0 Å². The van der Waals surface area contributed by atoms with Gasteiger partial charge in [-0.05, 0) is 51.1 Å². The minimum atomic E-state index is -1.01. The molecular weight excluding hydrogens is 337 g/mol. The molecule has 2 atom stereocenters. The fourth-order valence-electron chi connectivity index (χ4n) is 3.00. The van der Waals surface area contributed by atoms with Gasteiger partial charge < -0.3 is 15.2 Å². The Balaban J connectivity index is 1.96. The third-order valence-electron chi connectivity index (χ3n) is 4.55. The number of benzene rings is 2. The van der Waals surface area contributed by atoms with Crippen molar-refractivity contribution in [3.63, 3.8) is 0 Å². The molecule has 2 aromatic carbocycles.